The van der Waals surface area contributed by atoms with Gasteiger partial charge in [0, 0.05) is 15.2 Å². The molecule has 1 amide bonds. The van der Waals surface area contributed by atoms with Crippen LogP contribution in [0.3, 0.4) is 0 Å². The number of rotatable bonds is 4. The number of hydrogen-bond acceptors (Lipinski definition) is 3. The van der Waals surface area contributed by atoms with Gasteiger partial charge in [-0.15, -0.1) is 0 Å². The molecule has 0 heterocycles. The first-order valence-electron chi connectivity index (χ1n) is 5.99. The van der Waals surface area contributed by atoms with E-state index in [2.05, 4.69) is 27.9 Å². The molecule has 0 aliphatic rings. The van der Waals surface area contributed by atoms with Gasteiger partial charge < -0.3 is 10.4 Å². The van der Waals surface area contributed by atoms with Gasteiger partial charge in [-0.05, 0) is 76.7 Å². The quantitative estimate of drug-likeness (QED) is 0.382. The second-order valence-corrected chi connectivity index (χ2v) is 6.69. The molecule has 6 heteroatoms. The number of carbonyl (C=O) groups excluding carboxylic acids is 1. The molecule has 0 fully saturated rings. The fourth-order valence-electron chi connectivity index (χ4n) is 1.40. The minimum absolute atomic E-state index is 0.00360. The van der Waals surface area contributed by atoms with Gasteiger partial charge in [0.05, 0.1) is 3.57 Å². The minimum atomic E-state index is -0.421. The maximum atomic E-state index is 11.9. The van der Waals surface area contributed by atoms with Crippen molar-refractivity contribution in [2.24, 2.45) is 0 Å². The number of carbonyl (C=O) groups is 1. The molecule has 0 aliphatic carbocycles. The summed E-state index contributed by atoms with van der Waals surface area (Å²) in [6.07, 6.45) is 2.20. The van der Waals surface area contributed by atoms with E-state index in [0.29, 0.717) is 9.13 Å². The predicted octanol–water partition coefficient (Wildman–Crippen LogP) is 3.42. The molecule has 20 heavy (non-hydrogen) atoms. The first kappa shape index (κ1) is 17.2. The largest absolute Gasteiger partial charge is 0.506 e. The smallest absolute Gasteiger partial charge is 0.262 e. The van der Waals surface area contributed by atoms with Crippen LogP contribution in [0.1, 0.15) is 25.8 Å². The SMILES string of the molecule is CC[C@H](C)NC(=O)/C(C#N)=C/c1cc(I)cc(I)c1O. The van der Waals surface area contributed by atoms with Crippen molar-refractivity contribution in [1.29, 1.82) is 5.26 Å². The lowest BCUT2D eigenvalue weighted by Crippen LogP contribution is -2.32. The Kier molecular flexibility index (Phi) is 6.75. The molecule has 0 radical (unpaired) electrons. The van der Waals surface area contributed by atoms with Crippen molar-refractivity contribution in [2.75, 3.05) is 0 Å². The normalized spacial score (nSPS) is 12.7. The average Bonchev–Trinajstić information content (AvgIpc) is 2.40. The zero-order valence-electron chi connectivity index (χ0n) is 11.1. The third-order valence-electron chi connectivity index (χ3n) is 2.71. The molecular weight excluding hydrogens is 482 g/mol. The summed E-state index contributed by atoms with van der Waals surface area (Å²) in [6.45, 7) is 3.83. The van der Waals surface area contributed by atoms with E-state index < -0.39 is 5.91 Å². The number of nitrogens with zero attached hydrogens (tertiary/aromatic N) is 1. The Hall–Kier alpha value is -0.820. The van der Waals surface area contributed by atoms with Crippen molar-refractivity contribution in [3.8, 4) is 11.8 Å². The van der Waals surface area contributed by atoms with Crippen molar-refractivity contribution in [1.82, 2.24) is 5.32 Å². The number of nitriles is 1. The first-order valence-corrected chi connectivity index (χ1v) is 8.15. The van der Waals surface area contributed by atoms with Crippen molar-refractivity contribution >= 4 is 57.2 Å². The van der Waals surface area contributed by atoms with Crippen LogP contribution >= 0.6 is 45.2 Å². The Balaban J connectivity index is 3.13. The Labute approximate surface area is 145 Å². The lowest BCUT2D eigenvalue weighted by Gasteiger charge is -2.10. The highest BCUT2D eigenvalue weighted by Gasteiger charge is 2.13. The second-order valence-electron chi connectivity index (χ2n) is 4.28. The summed E-state index contributed by atoms with van der Waals surface area (Å²) in [5.74, 6) is -0.342. The number of hydrogen-bond donors (Lipinski definition) is 2. The third kappa shape index (κ3) is 4.63. The fraction of sp³-hybridized carbons (Fsp3) is 0.286. The number of phenols is 1. The first-order chi connectivity index (χ1) is 9.38. The standard InChI is InChI=1S/C14H14I2N2O2/c1-3-8(2)18-14(20)10(7-17)4-9-5-11(15)6-12(16)13(9)19/h4-6,8,19H,3H2,1-2H3,(H,18,20)/b10-4+/t8-/m0/s1. The molecule has 106 valence electrons. The molecule has 0 unspecified atom stereocenters. The van der Waals surface area contributed by atoms with E-state index in [1.165, 1.54) is 6.08 Å². The molecule has 0 bridgehead atoms. The topological polar surface area (TPSA) is 73.1 Å². The molecular formula is C14H14I2N2O2. The van der Waals surface area contributed by atoms with Gasteiger partial charge in [0.25, 0.3) is 5.91 Å². The van der Waals surface area contributed by atoms with E-state index in [4.69, 9.17) is 5.26 Å². The summed E-state index contributed by atoms with van der Waals surface area (Å²) < 4.78 is 1.61. The molecule has 0 spiro atoms. The fourth-order valence-corrected chi connectivity index (χ4v) is 3.29. The molecule has 0 aromatic heterocycles. The molecule has 1 rings (SSSR count). The number of aromatic hydroxyl groups is 1. The van der Waals surface area contributed by atoms with Crippen LogP contribution in [0, 0.1) is 18.5 Å². The molecule has 0 aliphatic heterocycles. The van der Waals surface area contributed by atoms with Crippen molar-refractivity contribution in [3.05, 3.63) is 30.4 Å². The number of amides is 1. The third-order valence-corrected chi connectivity index (χ3v) is 4.16. The lowest BCUT2D eigenvalue weighted by atomic mass is 10.1. The van der Waals surface area contributed by atoms with Crippen molar-refractivity contribution in [3.63, 3.8) is 0 Å². The van der Waals surface area contributed by atoms with Gasteiger partial charge in [-0.2, -0.15) is 5.26 Å². The highest BCUT2D eigenvalue weighted by Crippen LogP contribution is 2.28. The highest BCUT2D eigenvalue weighted by atomic mass is 127. The van der Waals surface area contributed by atoms with Crippen molar-refractivity contribution in [2.45, 2.75) is 26.3 Å². The summed E-state index contributed by atoms with van der Waals surface area (Å²) in [7, 11) is 0. The number of benzene rings is 1. The number of nitrogens with one attached hydrogen (secondary N) is 1. The summed E-state index contributed by atoms with van der Waals surface area (Å²) in [6, 6.07) is 5.43. The molecule has 4 nitrogen and oxygen atoms in total. The van der Waals surface area contributed by atoms with Gasteiger partial charge >= 0.3 is 0 Å². The number of halogens is 2. The van der Waals surface area contributed by atoms with Gasteiger partial charge in [0.1, 0.15) is 17.4 Å². The summed E-state index contributed by atoms with van der Waals surface area (Å²) in [5.41, 5.74) is 0.454. The molecule has 1 aromatic carbocycles. The Bertz CT molecular complexity index is 592. The monoisotopic (exact) mass is 496 g/mol. The maximum absolute atomic E-state index is 11.9. The average molecular weight is 496 g/mol. The van der Waals surface area contributed by atoms with Gasteiger partial charge in [-0.25, -0.2) is 0 Å². The van der Waals surface area contributed by atoms with Gasteiger partial charge in [0.2, 0.25) is 0 Å². The van der Waals surface area contributed by atoms with Crippen LogP contribution in [-0.2, 0) is 4.79 Å². The van der Waals surface area contributed by atoms with Crippen LogP contribution in [0.2, 0.25) is 0 Å². The molecule has 1 atom stereocenters. The van der Waals surface area contributed by atoms with E-state index in [1.807, 2.05) is 48.6 Å². The van der Waals surface area contributed by atoms with Crippen molar-refractivity contribution < 1.29 is 9.90 Å². The molecule has 2 N–H and O–H groups in total. The molecule has 0 saturated carbocycles. The number of phenolic OH excluding ortho intramolecular Hbond substituents is 1. The Morgan fingerprint density at radius 3 is 2.75 bits per heavy atom. The highest BCUT2D eigenvalue weighted by molar-refractivity contribution is 14.1. The van der Waals surface area contributed by atoms with E-state index in [0.717, 1.165) is 9.99 Å². The summed E-state index contributed by atoms with van der Waals surface area (Å²) >= 11 is 4.13. The van der Waals surface area contributed by atoms with Crippen LogP contribution in [0.15, 0.2) is 17.7 Å². The van der Waals surface area contributed by atoms with Crippen LogP contribution in [0.4, 0.5) is 0 Å². The zero-order chi connectivity index (χ0) is 15.3. The van der Waals surface area contributed by atoms with E-state index in [9.17, 15) is 9.90 Å². The molecule has 0 saturated heterocycles. The minimum Gasteiger partial charge on any atom is -0.506 e. The van der Waals surface area contributed by atoms with Gasteiger partial charge in [0.15, 0.2) is 0 Å². The zero-order valence-corrected chi connectivity index (χ0v) is 15.4. The molecule has 1 aromatic rings. The van der Waals surface area contributed by atoms with Crippen LogP contribution < -0.4 is 5.32 Å². The van der Waals surface area contributed by atoms with Gasteiger partial charge in [-0.1, -0.05) is 6.92 Å². The summed E-state index contributed by atoms with van der Waals surface area (Å²) in [4.78, 5) is 11.9. The predicted molar refractivity (Wildman–Crippen MR) is 95.0 cm³/mol. The summed E-state index contributed by atoms with van der Waals surface area (Å²) in [5, 5.41) is 21.8. The van der Waals surface area contributed by atoms with Crippen LogP contribution in [0.5, 0.6) is 5.75 Å². The van der Waals surface area contributed by atoms with Crippen LogP contribution in [-0.4, -0.2) is 17.1 Å². The Morgan fingerprint density at radius 2 is 2.20 bits per heavy atom. The van der Waals surface area contributed by atoms with E-state index >= 15 is 0 Å². The lowest BCUT2D eigenvalue weighted by molar-refractivity contribution is -0.117. The maximum Gasteiger partial charge on any atom is 0.262 e. The van der Waals surface area contributed by atoms with Gasteiger partial charge in [-0.3, -0.25) is 4.79 Å². The van der Waals surface area contributed by atoms with E-state index in [-0.39, 0.29) is 17.4 Å². The van der Waals surface area contributed by atoms with E-state index in [1.54, 1.807) is 6.07 Å². The van der Waals surface area contributed by atoms with Crippen LogP contribution in [0.25, 0.3) is 6.08 Å². The second kappa shape index (κ2) is 7.83. The Morgan fingerprint density at radius 1 is 1.55 bits per heavy atom.